The second-order valence-electron chi connectivity index (χ2n) is 7.66. The zero-order valence-corrected chi connectivity index (χ0v) is 16.6. The number of fused-ring (bicyclic) bond motifs is 1. The van der Waals surface area contributed by atoms with Crippen LogP contribution in [0.5, 0.6) is 5.75 Å². The van der Waals surface area contributed by atoms with Gasteiger partial charge in [0.15, 0.2) is 0 Å². The maximum Gasteiger partial charge on any atom is 0.254 e. The lowest BCUT2D eigenvalue weighted by atomic mass is 9.96. The third-order valence-corrected chi connectivity index (χ3v) is 5.84. The van der Waals surface area contributed by atoms with Crippen molar-refractivity contribution in [1.29, 1.82) is 0 Å². The Labute approximate surface area is 173 Å². The van der Waals surface area contributed by atoms with Crippen molar-refractivity contribution < 1.29 is 19.5 Å². The van der Waals surface area contributed by atoms with Crippen LogP contribution in [0.2, 0.25) is 0 Å². The highest BCUT2D eigenvalue weighted by Crippen LogP contribution is 2.35. The van der Waals surface area contributed by atoms with Gasteiger partial charge in [-0.3, -0.25) is 19.5 Å². The van der Waals surface area contributed by atoms with E-state index < -0.39 is 0 Å². The number of aromatic hydroxyl groups is 1. The smallest absolute Gasteiger partial charge is 0.254 e. The fourth-order valence-electron chi connectivity index (χ4n) is 4.47. The summed E-state index contributed by atoms with van der Waals surface area (Å²) in [6.45, 7) is 2.58. The normalized spacial score (nSPS) is 23.4. The van der Waals surface area contributed by atoms with Gasteiger partial charge < -0.3 is 20.2 Å². The SMILES string of the molecule is CC[C@H]1[C@@H](C(=O)NCc2ncn[nH]2)C[C@H]2CN(C(=O)c3ccc(O)cc3)CC(=O)N21. The summed E-state index contributed by atoms with van der Waals surface area (Å²) >= 11 is 0. The quantitative estimate of drug-likeness (QED) is 0.646. The Morgan fingerprint density at radius 1 is 1.30 bits per heavy atom. The number of aromatic amines is 1. The molecule has 158 valence electrons. The summed E-state index contributed by atoms with van der Waals surface area (Å²) in [6, 6.07) is 5.59. The number of H-pyrrole nitrogens is 1. The molecular formula is C20H24N6O4. The van der Waals surface area contributed by atoms with Gasteiger partial charge in [-0.25, -0.2) is 4.98 Å². The highest BCUT2D eigenvalue weighted by molar-refractivity contribution is 5.97. The number of carbonyl (C=O) groups excluding carboxylic acids is 3. The first-order valence-electron chi connectivity index (χ1n) is 9.99. The lowest BCUT2D eigenvalue weighted by molar-refractivity contribution is -0.139. The number of benzene rings is 1. The molecule has 0 radical (unpaired) electrons. The molecule has 4 rings (SSSR count). The summed E-state index contributed by atoms with van der Waals surface area (Å²) in [5.74, 6) is -0.223. The molecule has 10 nitrogen and oxygen atoms in total. The molecule has 3 N–H and O–H groups in total. The van der Waals surface area contributed by atoms with Gasteiger partial charge in [0.1, 0.15) is 24.4 Å². The molecule has 2 fully saturated rings. The fourth-order valence-corrected chi connectivity index (χ4v) is 4.47. The molecule has 30 heavy (non-hydrogen) atoms. The Kier molecular flexibility index (Phi) is 5.39. The van der Waals surface area contributed by atoms with Crippen LogP contribution in [0.15, 0.2) is 30.6 Å². The number of carbonyl (C=O) groups is 3. The zero-order valence-electron chi connectivity index (χ0n) is 16.6. The number of rotatable bonds is 5. The summed E-state index contributed by atoms with van der Waals surface area (Å²) in [6.07, 6.45) is 2.55. The standard InChI is InChI=1S/C20H24N6O4/c1-2-16-15(19(29)21-8-17-22-11-23-24-17)7-13-9-25(10-18(28)26(13)16)20(30)12-3-5-14(27)6-4-12/h3-6,11,13,15-16,27H,2,7-10H2,1H3,(H,21,29)(H,22,23,24)/t13-,15-,16-/m0/s1. The molecule has 2 aromatic rings. The summed E-state index contributed by atoms with van der Waals surface area (Å²) in [5.41, 5.74) is 0.417. The van der Waals surface area contributed by atoms with Crippen LogP contribution in [0, 0.1) is 5.92 Å². The molecule has 3 amide bonds. The summed E-state index contributed by atoms with van der Waals surface area (Å²) in [5, 5.41) is 18.8. The predicted octanol–water partition coefficient (Wildman–Crippen LogP) is 0.278. The van der Waals surface area contributed by atoms with Crippen molar-refractivity contribution in [1.82, 2.24) is 30.3 Å². The van der Waals surface area contributed by atoms with E-state index in [-0.39, 0.29) is 54.6 Å². The topological polar surface area (TPSA) is 132 Å². The van der Waals surface area contributed by atoms with Gasteiger partial charge in [-0.05, 0) is 37.1 Å². The monoisotopic (exact) mass is 412 g/mol. The van der Waals surface area contributed by atoms with Crippen molar-refractivity contribution in [2.45, 2.75) is 38.4 Å². The van der Waals surface area contributed by atoms with E-state index in [1.54, 1.807) is 4.90 Å². The number of amides is 3. The van der Waals surface area contributed by atoms with Crippen LogP contribution in [0.25, 0.3) is 0 Å². The molecule has 0 aliphatic carbocycles. The summed E-state index contributed by atoms with van der Waals surface area (Å²) in [7, 11) is 0. The first-order valence-corrected chi connectivity index (χ1v) is 9.99. The molecule has 1 aromatic heterocycles. The number of phenols is 1. The fraction of sp³-hybridized carbons (Fsp3) is 0.450. The van der Waals surface area contributed by atoms with Gasteiger partial charge in [0.05, 0.1) is 18.5 Å². The average molecular weight is 412 g/mol. The number of aromatic nitrogens is 3. The van der Waals surface area contributed by atoms with Crippen LogP contribution >= 0.6 is 0 Å². The van der Waals surface area contributed by atoms with Crippen molar-refractivity contribution in [3.63, 3.8) is 0 Å². The number of nitrogens with one attached hydrogen (secondary N) is 2. The Balaban J connectivity index is 1.45. The van der Waals surface area contributed by atoms with Crippen molar-refractivity contribution in [2.24, 2.45) is 5.92 Å². The Hall–Kier alpha value is -3.43. The van der Waals surface area contributed by atoms with Gasteiger partial charge in [-0.2, -0.15) is 5.10 Å². The molecule has 0 unspecified atom stereocenters. The molecule has 0 bridgehead atoms. The van der Waals surface area contributed by atoms with Gasteiger partial charge in [0, 0.05) is 18.2 Å². The molecule has 2 saturated heterocycles. The highest BCUT2D eigenvalue weighted by atomic mass is 16.3. The highest BCUT2D eigenvalue weighted by Gasteiger charge is 2.49. The maximum absolute atomic E-state index is 12.9. The lowest BCUT2D eigenvalue weighted by Gasteiger charge is -2.39. The van der Waals surface area contributed by atoms with Crippen molar-refractivity contribution in [3.05, 3.63) is 42.0 Å². The van der Waals surface area contributed by atoms with Crippen molar-refractivity contribution in [2.75, 3.05) is 13.1 Å². The van der Waals surface area contributed by atoms with E-state index in [1.807, 2.05) is 6.92 Å². The number of nitrogens with zero attached hydrogens (tertiary/aromatic N) is 4. The molecule has 0 saturated carbocycles. The third-order valence-electron chi connectivity index (χ3n) is 5.84. The van der Waals surface area contributed by atoms with Crippen LogP contribution in [0.1, 0.15) is 35.9 Å². The molecule has 2 aliphatic rings. The van der Waals surface area contributed by atoms with Crippen molar-refractivity contribution in [3.8, 4) is 5.75 Å². The van der Waals surface area contributed by atoms with E-state index in [9.17, 15) is 19.5 Å². The second kappa shape index (κ2) is 8.13. The minimum absolute atomic E-state index is 0.0148. The van der Waals surface area contributed by atoms with Gasteiger partial charge in [0.2, 0.25) is 11.8 Å². The maximum atomic E-state index is 12.9. The Morgan fingerprint density at radius 2 is 2.07 bits per heavy atom. The second-order valence-corrected chi connectivity index (χ2v) is 7.66. The van der Waals surface area contributed by atoms with Gasteiger partial charge in [-0.1, -0.05) is 6.92 Å². The first kappa shape index (κ1) is 19.9. The minimum atomic E-state index is -0.337. The number of hydrogen-bond donors (Lipinski definition) is 3. The molecule has 2 aliphatic heterocycles. The van der Waals surface area contributed by atoms with E-state index in [1.165, 1.54) is 35.5 Å². The first-order chi connectivity index (χ1) is 14.5. The van der Waals surface area contributed by atoms with Crippen molar-refractivity contribution >= 4 is 17.7 Å². The summed E-state index contributed by atoms with van der Waals surface area (Å²) in [4.78, 5) is 45.8. The zero-order chi connectivity index (χ0) is 21.3. The summed E-state index contributed by atoms with van der Waals surface area (Å²) < 4.78 is 0. The molecule has 1 aromatic carbocycles. The average Bonchev–Trinajstić information content (AvgIpc) is 3.39. The van der Waals surface area contributed by atoms with E-state index in [4.69, 9.17) is 0 Å². The van der Waals surface area contributed by atoms with Gasteiger partial charge in [-0.15, -0.1) is 0 Å². The van der Waals surface area contributed by atoms with Gasteiger partial charge >= 0.3 is 0 Å². The largest absolute Gasteiger partial charge is 0.508 e. The van der Waals surface area contributed by atoms with E-state index >= 15 is 0 Å². The Bertz CT molecular complexity index is 929. The predicted molar refractivity (Wildman–Crippen MR) is 105 cm³/mol. The molecule has 3 atom stereocenters. The van der Waals surface area contributed by atoms with Crippen LogP contribution in [-0.2, 0) is 16.1 Å². The third kappa shape index (κ3) is 3.72. The lowest BCUT2D eigenvalue weighted by Crippen LogP contribution is -2.57. The Morgan fingerprint density at radius 3 is 2.73 bits per heavy atom. The number of piperazine rings is 1. The van der Waals surface area contributed by atoms with Crippen LogP contribution in [0.4, 0.5) is 0 Å². The van der Waals surface area contributed by atoms with Crippen LogP contribution < -0.4 is 5.32 Å². The molecular weight excluding hydrogens is 388 g/mol. The van der Waals surface area contributed by atoms with Gasteiger partial charge in [0.25, 0.3) is 5.91 Å². The van der Waals surface area contributed by atoms with E-state index in [0.717, 1.165) is 0 Å². The molecule has 0 spiro atoms. The number of phenolic OH excluding ortho intramolecular Hbond substituents is 1. The molecule has 10 heteroatoms. The molecule has 3 heterocycles. The van der Waals surface area contributed by atoms with Crippen LogP contribution in [0.3, 0.4) is 0 Å². The van der Waals surface area contributed by atoms with E-state index in [2.05, 4.69) is 20.5 Å². The number of hydrogen-bond acceptors (Lipinski definition) is 6. The van der Waals surface area contributed by atoms with Crippen LogP contribution in [-0.4, -0.2) is 73.0 Å². The minimum Gasteiger partial charge on any atom is -0.508 e. The van der Waals surface area contributed by atoms with E-state index in [0.29, 0.717) is 30.8 Å².